The summed E-state index contributed by atoms with van der Waals surface area (Å²) in [4.78, 5) is 24.2. The van der Waals surface area contributed by atoms with Crippen molar-refractivity contribution in [2.24, 2.45) is 0 Å². The molecule has 0 unspecified atom stereocenters. The fourth-order valence-electron chi connectivity index (χ4n) is 1.82. The fourth-order valence-corrected chi connectivity index (χ4v) is 2.27. The fraction of sp³-hybridized carbons (Fsp3) is 0.176. The molecule has 5 nitrogen and oxygen atoms in total. The van der Waals surface area contributed by atoms with Gasteiger partial charge in [0.15, 0.2) is 6.10 Å². The maximum Gasteiger partial charge on any atom is 0.340 e. The first-order chi connectivity index (χ1) is 11.0. The summed E-state index contributed by atoms with van der Waals surface area (Å²) in [5, 5.41) is 2.68. The highest BCUT2D eigenvalue weighted by Crippen LogP contribution is 2.18. The molecule has 0 aliphatic heterocycles. The first kappa shape index (κ1) is 17.0. The normalized spacial score (nSPS) is 11.4. The summed E-state index contributed by atoms with van der Waals surface area (Å²) >= 11 is 3.28. The largest absolute Gasteiger partial charge is 0.497 e. The molecule has 0 aromatic heterocycles. The second-order valence-corrected chi connectivity index (χ2v) is 5.60. The number of carbonyl (C=O) groups excluding carboxylic acids is 2. The number of hydrogen-bond donors (Lipinski definition) is 1. The molecule has 2 aromatic rings. The molecule has 0 aliphatic carbocycles. The number of nitrogens with one attached hydrogen (secondary N) is 1. The molecule has 0 radical (unpaired) electrons. The summed E-state index contributed by atoms with van der Waals surface area (Å²) in [5.41, 5.74) is 0.969. The van der Waals surface area contributed by atoms with E-state index in [1.165, 1.54) is 6.92 Å². The molecule has 0 fully saturated rings. The molecule has 1 atom stereocenters. The van der Waals surface area contributed by atoms with E-state index in [1.807, 2.05) is 0 Å². The van der Waals surface area contributed by atoms with Crippen molar-refractivity contribution in [1.29, 1.82) is 0 Å². The van der Waals surface area contributed by atoms with Crippen molar-refractivity contribution in [3.63, 3.8) is 0 Å². The second-order valence-electron chi connectivity index (χ2n) is 4.75. The van der Waals surface area contributed by atoms with Crippen LogP contribution in [-0.2, 0) is 9.53 Å². The Kier molecular flexibility index (Phi) is 5.76. The van der Waals surface area contributed by atoms with E-state index in [2.05, 4.69) is 21.2 Å². The molecule has 2 aromatic carbocycles. The zero-order valence-corrected chi connectivity index (χ0v) is 14.3. The number of amides is 1. The molecule has 0 heterocycles. The minimum atomic E-state index is -0.920. The molecule has 0 saturated heterocycles. The van der Waals surface area contributed by atoms with Gasteiger partial charge in [0.1, 0.15) is 5.75 Å². The Bertz CT molecular complexity index is 700. The van der Waals surface area contributed by atoms with Gasteiger partial charge in [-0.3, -0.25) is 4.79 Å². The third-order valence-corrected chi connectivity index (χ3v) is 3.80. The van der Waals surface area contributed by atoms with Gasteiger partial charge in [-0.05, 0) is 59.3 Å². The van der Waals surface area contributed by atoms with Crippen molar-refractivity contribution < 1.29 is 19.1 Å². The van der Waals surface area contributed by atoms with Crippen molar-refractivity contribution in [3.05, 3.63) is 58.6 Å². The monoisotopic (exact) mass is 377 g/mol. The Balaban J connectivity index is 1.96. The van der Waals surface area contributed by atoms with Crippen LogP contribution in [0.4, 0.5) is 5.69 Å². The lowest BCUT2D eigenvalue weighted by Crippen LogP contribution is -2.30. The van der Waals surface area contributed by atoms with Crippen LogP contribution in [0.25, 0.3) is 0 Å². The molecule has 0 bridgehead atoms. The molecule has 1 N–H and O–H groups in total. The molecule has 120 valence electrons. The van der Waals surface area contributed by atoms with Gasteiger partial charge in [0.25, 0.3) is 5.91 Å². The van der Waals surface area contributed by atoms with Gasteiger partial charge in [-0.15, -0.1) is 0 Å². The molecule has 6 heteroatoms. The number of hydrogen-bond acceptors (Lipinski definition) is 4. The summed E-state index contributed by atoms with van der Waals surface area (Å²) in [6.45, 7) is 1.52. The number of esters is 1. The van der Waals surface area contributed by atoms with Crippen LogP contribution in [0.15, 0.2) is 53.0 Å². The lowest BCUT2D eigenvalue weighted by atomic mass is 10.2. The van der Waals surface area contributed by atoms with Gasteiger partial charge in [-0.25, -0.2) is 4.79 Å². The first-order valence-electron chi connectivity index (χ1n) is 6.91. The van der Waals surface area contributed by atoms with Gasteiger partial charge in [0.2, 0.25) is 0 Å². The molecule has 1 amide bonds. The predicted molar refractivity (Wildman–Crippen MR) is 90.6 cm³/mol. The van der Waals surface area contributed by atoms with Crippen molar-refractivity contribution in [1.82, 2.24) is 0 Å². The molecule has 0 spiro atoms. The van der Waals surface area contributed by atoms with Crippen LogP contribution < -0.4 is 10.1 Å². The van der Waals surface area contributed by atoms with Crippen molar-refractivity contribution in [3.8, 4) is 5.75 Å². The average molecular weight is 378 g/mol. The number of ether oxygens (including phenoxy) is 2. The molecule has 2 rings (SSSR count). The van der Waals surface area contributed by atoms with Crippen LogP contribution in [-0.4, -0.2) is 25.1 Å². The maximum absolute atomic E-state index is 12.1. The van der Waals surface area contributed by atoms with E-state index < -0.39 is 18.0 Å². The van der Waals surface area contributed by atoms with E-state index in [9.17, 15) is 9.59 Å². The highest BCUT2D eigenvalue weighted by atomic mass is 79.9. The van der Waals surface area contributed by atoms with Gasteiger partial charge in [0, 0.05) is 10.2 Å². The number of methoxy groups -OCH3 is 1. The van der Waals surface area contributed by atoms with Gasteiger partial charge in [-0.1, -0.05) is 12.1 Å². The van der Waals surface area contributed by atoms with Gasteiger partial charge in [-0.2, -0.15) is 0 Å². The number of benzene rings is 2. The Labute approximate surface area is 142 Å². The maximum atomic E-state index is 12.1. The Hall–Kier alpha value is -2.34. The van der Waals surface area contributed by atoms with Crippen molar-refractivity contribution in [2.45, 2.75) is 13.0 Å². The summed E-state index contributed by atoms with van der Waals surface area (Å²) < 4.78 is 10.9. The SMILES string of the molecule is COc1ccc(NC(=O)[C@@H](C)OC(=O)c2ccccc2Br)cc1. The summed E-state index contributed by atoms with van der Waals surface area (Å²) in [7, 11) is 1.57. The summed E-state index contributed by atoms with van der Waals surface area (Å²) in [6.07, 6.45) is -0.920. The van der Waals surface area contributed by atoms with Crippen LogP contribution in [0.2, 0.25) is 0 Å². The predicted octanol–water partition coefficient (Wildman–Crippen LogP) is 3.64. The van der Waals surface area contributed by atoms with E-state index in [0.717, 1.165) is 0 Å². The molecule has 0 saturated carbocycles. The van der Waals surface area contributed by atoms with Crippen molar-refractivity contribution in [2.75, 3.05) is 12.4 Å². The van der Waals surface area contributed by atoms with Crippen LogP contribution >= 0.6 is 15.9 Å². The van der Waals surface area contributed by atoms with E-state index in [-0.39, 0.29) is 0 Å². The number of halogens is 1. The number of anilines is 1. The van der Waals surface area contributed by atoms with Gasteiger partial charge < -0.3 is 14.8 Å². The number of carbonyl (C=O) groups is 2. The highest BCUT2D eigenvalue weighted by molar-refractivity contribution is 9.10. The molecular formula is C17H16BrNO4. The van der Waals surface area contributed by atoms with Gasteiger partial charge in [0.05, 0.1) is 12.7 Å². The van der Waals surface area contributed by atoms with Crippen LogP contribution in [0, 0.1) is 0 Å². The second kappa shape index (κ2) is 7.78. The minimum Gasteiger partial charge on any atom is -0.497 e. The van der Waals surface area contributed by atoms with E-state index in [4.69, 9.17) is 9.47 Å². The van der Waals surface area contributed by atoms with Crippen molar-refractivity contribution >= 4 is 33.5 Å². The third-order valence-electron chi connectivity index (χ3n) is 3.10. The van der Waals surface area contributed by atoms with E-state index in [1.54, 1.807) is 55.6 Å². The van der Waals surface area contributed by atoms with E-state index >= 15 is 0 Å². The standard InChI is InChI=1S/C17H16BrNO4/c1-11(23-17(21)14-5-3-4-6-15(14)18)16(20)19-12-7-9-13(22-2)10-8-12/h3-11H,1-2H3,(H,19,20)/t11-/m1/s1. The third kappa shape index (κ3) is 4.56. The summed E-state index contributed by atoms with van der Waals surface area (Å²) in [6, 6.07) is 13.8. The molecule has 0 aliphatic rings. The van der Waals surface area contributed by atoms with Crippen LogP contribution in [0.5, 0.6) is 5.75 Å². The smallest absolute Gasteiger partial charge is 0.340 e. The average Bonchev–Trinajstić information content (AvgIpc) is 2.55. The Morgan fingerprint density at radius 1 is 1.09 bits per heavy atom. The quantitative estimate of drug-likeness (QED) is 0.807. The van der Waals surface area contributed by atoms with Crippen LogP contribution in [0.3, 0.4) is 0 Å². The molecular weight excluding hydrogens is 362 g/mol. The topological polar surface area (TPSA) is 64.6 Å². The first-order valence-corrected chi connectivity index (χ1v) is 7.71. The Morgan fingerprint density at radius 3 is 2.35 bits per heavy atom. The lowest BCUT2D eigenvalue weighted by Gasteiger charge is -2.14. The minimum absolute atomic E-state index is 0.372. The number of rotatable bonds is 5. The lowest BCUT2D eigenvalue weighted by molar-refractivity contribution is -0.123. The van der Waals surface area contributed by atoms with Gasteiger partial charge >= 0.3 is 5.97 Å². The summed E-state index contributed by atoms with van der Waals surface area (Å²) in [5.74, 6) is -0.276. The van der Waals surface area contributed by atoms with E-state index in [0.29, 0.717) is 21.5 Å². The molecule has 23 heavy (non-hydrogen) atoms. The van der Waals surface area contributed by atoms with Crippen LogP contribution in [0.1, 0.15) is 17.3 Å². The zero-order valence-electron chi connectivity index (χ0n) is 12.7. The highest BCUT2D eigenvalue weighted by Gasteiger charge is 2.20. The zero-order chi connectivity index (χ0) is 16.8. The Morgan fingerprint density at radius 2 is 1.74 bits per heavy atom.